The smallest absolute Gasteiger partial charge is 0.225 e. The zero-order valence-electron chi connectivity index (χ0n) is 10.2. The number of hydrogen-bond donors (Lipinski definition) is 1. The predicted octanol–water partition coefficient (Wildman–Crippen LogP) is 1.04. The van der Waals surface area contributed by atoms with Crippen LogP contribution in [-0.4, -0.2) is 36.6 Å². The molecule has 2 heterocycles. The summed E-state index contributed by atoms with van der Waals surface area (Å²) in [5.74, 6) is 6.99. The molecule has 1 fully saturated rings. The van der Waals surface area contributed by atoms with Gasteiger partial charge in [0, 0.05) is 38.4 Å². The van der Waals surface area contributed by atoms with Crippen molar-refractivity contribution in [1.29, 1.82) is 0 Å². The van der Waals surface area contributed by atoms with Crippen LogP contribution in [-0.2, 0) is 0 Å². The molecule has 90 valence electrons. The first kappa shape index (κ1) is 11.9. The third-order valence-electron chi connectivity index (χ3n) is 2.76. The maximum absolute atomic E-state index is 4.36. The van der Waals surface area contributed by atoms with Gasteiger partial charge in [0.15, 0.2) is 0 Å². The molecule has 4 heteroatoms. The molecule has 1 N–H and O–H groups in total. The van der Waals surface area contributed by atoms with E-state index in [0.29, 0.717) is 0 Å². The fourth-order valence-electron chi connectivity index (χ4n) is 1.82. The second-order valence-corrected chi connectivity index (χ2v) is 4.12. The molecule has 0 aromatic carbocycles. The van der Waals surface area contributed by atoms with Crippen LogP contribution in [0.3, 0.4) is 0 Å². The van der Waals surface area contributed by atoms with Crippen LogP contribution in [0, 0.1) is 11.8 Å². The minimum absolute atomic E-state index is 0.836. The van der Waals surface area contributed by atoms with E-state index in [4.69, 9.17) is 0 Å². The minimum atomic E-state index is 0.836. The lowest BCUT2D eigenvalue weighted by Gasteiger charge is -2.13. The molecule has 1 aromatic heterocycles. The summed E-state index contributed by atoms with van der Waals surface area (Å²) in [7, 11) is 1.93. The van der Waals surface area contributed by atoms with Gasteiger partial charge in [0.1, 0.15) is 0 Å². The number of nitrogens with one attached hydrogen (secondary N) is 1. The molecule has 0 spiro atoms. The van der Waals surface area contributed by atoms with Crippen LogP contribution >= 0.6 is 0 Å². The second-order valence-electron chi connectivity index (χ2n) is 4.12. The monoisotopic (exact) mass is 230 g/mol. The Balaban J connectivity index is 1.94. The third kappa shape index (κ3) is 3.43. The van der Waals surface area contributed by atoms with Gasteiger partial charge in [0.05, 0.1) is 5.56 Å². The van der Waals surface area contributed by atoms with Crippen LogP contribution in [0.15, 0.2) is 12.4 Å². The van der Waals surface area contributed by atoms with E-state index in [1.807, 2.05) is 19.4 Å². The summed E-state index contributed by atoms with van der Waals surface area (Å²) in [5.41, 5.74) is 0.893. The molecule has 0 unspecified atom stereocenters. The summed E-state index contributed by atoms with van der Waals surface area (Å²) in [4.78, 5) is 10.9. The van der Waals surface area contributed by atoms with E-state index in [9.17, 15) is 0 Å². The Morgan fingerprint density at radius 2 is 2.00 bits per heavy atom. The molecule has 17 heavy (non-hydrogen) atoms. The van der Waals surface area contributed by atoms with E-state index in [1.165, 1.54) is 12.8 Å². The number of nitrogens with zero attached hydrogens (tertiary/aromatic N) is 3. The Hall–Kier alpha value is -1.60. The van der Waals surface area contributed by atoms with Gasteiger partial charge in [-0.25, -0.2) is 9.97 Å². The molecule has 1 aliphatic rings. The summed E-state index contributed by atoms with van der Waals surface area (Å²) in [5, 5.41) is 3.06. The van der Waals surface area contributed by atoms with Crippen molar-refractivity contribution in [3.8, 4) is 11.8 Å². The molecule has 2 rings (SSSR count). The SMILES string of the molecule is CNCCC#Cc1cnc(N2CCCC2)nc1. The molecule has 0 amide bonds. The van der Waals surface area contributed by atoms with Gasteiger partial charge in [-0.3, -0.25) is 0 Å². The van der Waals surface area contributed by atoms with Crippen LogP contribution in [0.5, 0.6) is 0 Å². The number of rotatable bonds is 3. The van der Waals surface area contributed by atoms with E-state index >= 15 is 0 Å². The molecular formula is C13H18N4. The van der Waals surface area contributed by atoms with Crippen molar-refractivity contribution in [1.82, 2.24) is 15.3 Å². The molecule has 0 aliphatic carbocycles. The molecule has 1 aliphatic heterocycles. The Kier molecular flexibility index (Phi) is 4.34. The first-order valence-electron chi connectivity index (χ1n) is 6.10. The number of aromatic nitrogens is 2. The van der Waals surface area contributed by atoms with Crippen molar-refractivity contribution in [3.05, 3.63) is 18.0 Å². The van der Waals surface area contributed by atoms with Crippen molar-refractivity contribution < 1.29 is 0 Å². The molecular weight excluding hydrogens is 212 g/mol. The van der Waals surface area contributed by atoms with Gasteiger partial charge in [-0.15, -0.1) is 0 Å². The third-order valence-corrected chi connectivity index (χ3v) is 2.76. The average Bonchev–Trinajstić information content (AvgIpc) is 2.89. The lowest BCUT2D eigenvalue weighted by atomic mass is 10.3. The van der Waals surface area contributed by atoms with Crippen LogP contribution < -0.4 is 10.2 Å². The Morgan fingerprint density at radius 1 is 1.29 bits per heavy atom. The van der Waals surface area contributed by atoms with E-state index < -0.39 is 0 Å². The molecule has 1 saturated heterocycles. The molecule has 0 bridgehead atoms. The highest BCUT2D eigenvalue weighted by atomic mass is 15.3. The summed E-state index contributed by atoms with van der Waals surface area (Å²) >= 11 is 0. The van der Waals surface area contributed by atoms with Gasteiger partial charge in [0.2, 0.25) is 5.95 Å². The van der Waals surface area contributed by atoms with Gasteiger partial charge < -0.3 is 10.2 Å². The highest BCUT2D eigenvalue weighted by Crippen LogP contribution is 2.14. The molecule has 0 atom stereocenters. The fourth-order valence-corrected chi connectivity index (χ4v) is 1.82. The van der Waals surface area contributed by atoms with E-state index in [-0.39, 0.29) is 0 Å². The maximum Gasteiger partial charge on any atom is 0.225 e. The van der Waals surface area contributed by atoms with Gasteiger partial charge in [-0.1, -0.05) is 11.8 Å². The normalized spacial score (nSPS) is 14.5. The summed E-state index contributed by atoms with van der Waals surface area (Å²) in [6, 6.07) is 0. The van der Waals surface area contributed by atoms with E-state index in [0.717, 1.165) is 37.6 Å². The van der Waals surface area contributed by atoms with Gasteiger partial charge in [-0.05, 0) is 19.9 Å². The van der Waals surface area contributed by atoms with E-state index in [1.54, 1.807) is 0 Å². The van der Waals surface area contributed by atoms with Crippen LogP contribution in [0.4, 0.5) is 5.95 Å². The van der Waals surface area contributed by atoms with Crippen molar-refractivity contribution in [2.45, 2.75) is 19.3 Å². The van der Waals surface area contributed by atoms with Crippen molar-refractivity contribution in [2.75, 3.05) is 31.6 Å². The largest absolute Gasteiger partial charge is 0.341 e. The standard InChI is InChI=1S/C13H18N4/c1-14-7-3-2-6-12-10-15-13(16-11-12)17-8-4-5-9-17/h10-11,14H,3-5,7-9H2,1H3. The quantitative estimate of drug-likeness (QED) is 0.622. The molecule has 0 radical (unpaired) electrons. The summed E-state index contributed by atoms with van der Waals surface area (Å²) in [6.45, 7) is 3.07. The highest BCUT2D eigenvalue weighted by molar-refractivity contribution is 5.36. The topological polar surface area (TPSA) is 41.1 Å². The zero-order valence-corrected chi connectivity index (χ0v) is 10.2. The lowest BCUT2D eigenvalue weighted by molar-refractivity contribution is 0.818. The number of anilines is 1. The minimum Gasteiger partial charge on any atom is -0.341 e. The predicted molar refractivity (Wildman–Crippen MR) is 68.9 cm³/mol. The van der Waals surface area contributed by atoms with Gasteiger partial charge >= 0.3 is 0 Å². The lowest BCUT2D eigenvalue weighted by Crippen LogP contribution is -2.20. The molecule has 4 nitrogen and oxygen atoms in total. The first-order valence-corrected chi connectivity index (χ1v) is 6.10. The fraction of sp³-hybridized carbons (Fsp3) is 0.538. The Labute approximate surface area is 102 Å². The van der Waals surface area contributed by atoms with Crippen LogP contribution in [0.25, 0.3) is 0 Å². The van der Waals surface area contributed by atoms with Gasteiger partial charge in [-0.2, -0.15) is 0 Å². The average molecular weight is 230 g/mol. The highest BCUT2D eigenvalue weighted by Gasteiger charge is 2.13. The van der Waals surface area contributed by atoms with Gasteiger partial charge in [0.25, 0.3) is 0 Å². The molecule has 0 saturated carbocycles. The first-order chi connectivity index (χ1) is 8.40. The Morgan fingerprint density at radius 3 is 2.65 bits per heavy atom. The van der Waals surface area contributed by atoms with Crippen LogP contribution in [0.2, 0.25) is 0 Å². The van der Waals surface area contributed by atoms with Crippen LogP contribution in [0.1, 0.15) is 24.8 Å². The zero-order chi connectivity index (χ0) is 11.9. The molecule has 1 aromatic rings. The summed E-state index contributed by atoms with van der Waals surface area (Å²) in [6.07, 6.45) is 6.97. The van der Waals surface area contributed by atoms with Crippen molar-refractivity contribution >= 4 is 5.95 Å². The summed E-state index contributed by atoms with van der Waals surface area (Å²) < 4.78 is 0. The van der Waals surface area contributed by atoms with Crippen molar-refractivity contribution in [3.63, 3.8) is 0 Å². The van der Waals surface area contributed by atoms with Crippen molar-refractivity contribution in [2.24, 2.45) is 0 Å². The maximum atomic E-state index is 4.36. The second kappa shape index (κ2) is 6.21. The van der Waals surface area contributed by atoms with E-state index in [2.05, 4.69) is 32.0 Å². The Bertz CT molecular complexity index is 396. The number of hydrogen-bond acceptors (Lipinski definition) is 4.